The Morgan fingerprint density at radius 1 is 1.30 bits per heavy atom. The number of H-pyrrole nitrogens is 1. The summed E-state index contributed by atoms with van der Waals surface area (Å²) in [6, 6.07) is 3.92. The summed E-state index contributed by atoms with van der Waals surface area (Å²) in [6.45, 7) is 4.22. The third-order valence-corrected chi connectivity index (χ3v) is 2.84. The molecule has 0 aliphatic carbocycles. The average Bonchev–Trinajstić information content (AvgIpc) is 2.87. The van der Waals surface area contributed by atoms with Gasteiger partial charge < -0.3 is 9.88 Å². The molecule has 0 saturated heterocycles. The summed E-state index contributed by atoms with van der Waals surface area (Å²) in [5.74, 6) is 0.296. The highest BCUT2D eigenvalue weighted by atomic mass is 19.4. The Kier molecular flexibility index (Phi) is 3.96. The Labute approximate surface area is 114 Å². The van der Waals surface area contributed by atoms with E-state index in [0.717, 1.165) is 11.8 Å². The highest BCUT2D eigenvalue weighted by Crippen LogP contribution is 2.29. The Hall–Kier alpha value is -2.05. The zero-order valence-corrected chi connectivity index (χ0v) is 11.1. The van der Waals surface area contributed by atoms with Crippen LogP contribution in [0.5, 0.6) is 0 Å². The first-order chi connectivity index (χ1) is 9.38. The van der Waals surface area contributed by atoms with E-state index >= 15 is 0 Å². The molecule has 0 atom stereocenters. The number of hydrogen-bond acceptors (Lipinski definition) is 3. The molecule has 0 unspecified atom stereocenters. The minimum Gasteiger partial charge on any atom is -0.348 e. The van der Waals surface area contributed by atoms with Crippen molar-refractivity contribution in [3.63, 3.8) is 0 Å². The fourth-order valence-corrected chi connectivity index (χ4v) is 1.82. The van der Waals surface area contributed by atoms with Crippen LogP contribution in [0.25, 0.3) is 0 Å². The van der Waals surface area contributed by atoms with Crippen molar-refractivity contribution in [2.24, 2.45) is 0 Å². The van der Waals surface area contributed by atoms with Gasteiger partial charge in [-0.15, -0.1) is 0 Å². The fourth-order valence-electron chi connectivity index (χ4n) is 1.82. The second-order valence-electron chi connectivity index (χ2n) is 4.68. The molecule has 20 heavy (non-hydrogen) atoms. The number of anilines is 1. The van der Waals surface area contributed by atoms with Crippen molar-refractivity contribution >= 4 is 5.82 Å². The Morgan fingerprint density at radius 3 is 2.60 bits per heavy atom. The quantitative estimate of drug-likeness (QED) is 0.937. The predicted molar refractivity (Wildman–Crippen MR) is 69.1 cm³/mol. The zero-order chi connectivity index (χ0) is 14.8. The molecule has 7 heteroatoms. The van der Waals surface area contributed by atoms with Gasteiger partial charge in [-0.25, -0.2) is 9.97 Å². The van der Waals surface area contributed by atoms with Crippen molar-refractivity contribution in [3.8, 4) is 0 Å². The lowest BCUT2D eigenvalue weighted by Crippen LogP contribution is -2.31. The number of nitrogens with zero attached hydrogens (tertiary/aromatic N) is 3. The second kappa shape index (κ2) is 5.52. The third kappa shape index (κ3) is 3.28. The van der Waals surface area contributed by atoms with E-state index in [9.17, 15) is 13.2 Å². The van der Waals surface area contributed by atoms with Gasteiger partial charge in [0, 0.05) is 12.2 Å². The van der Waals surface area contributed by atoms with E-state index in [1.54, 1.807) is 17.2 Å². The van der Waals surface area contributed by atoms with E-state index in [4.69, 9.17) is 0 Å². The van der Waals surface area contributed by atoms with Crippen LogP contribution in [0.2, 0.25) is 0 Å². The van der Waals surface area contributed by atoms with E-state index in [-0.39, 0.29) is 6.04 Å². The lowest BCUT2D eigenvalue weighted by Gasteiger charge is -2.27. The number of aromatic amines is 1. The predicted octanol–water partition coefficient (Wildman–Crippen LogP) is 3.24. The van der Waals surface area contributed by atoms with Crippen molar-refractivity contribution < 1.29 is 13.2 Å². The molecule has 2 rings (SSSR count). The molecule has 0 bridgehead atoms. The third-order valence-electron chi connectivity index (χ3n) is 2.84. The van der Waals surface area contributed by atoms with E-state index in [1.165, 1.54) is 12.4 Å². The number of aromatic nitrogens is 3. The van der Waals surface area contributed by atoms with Crippen LogP contribution in [-0.2, 0) is 12.7 Å². The van der Waals surface area contributed by atoms with E-state index in [0.29, 0.717) is 12.4 Å². The topological polar surface area (TPSA) is 44.8 Å². The molecule has 2 aromatic heterocycles. The highest BCUT2D eigenvalue weighted by molar-refractivity contribution is 5.41. The minimum absolute atomic E-state index is 0.00860. The summed E-state index contributed by atoms with van der Waals surface area (Å²) in [5, 5.41) is 0. The van der Waals surface area contributed by atoms with Crippen molar-refractivity contribution in [2.45, 2.75) is 32.6 Å². The van der Waals surface area contributed by atoms with E-state index in [1.807, 2.05) is 13.8 Å². The van der Waals surface area contributed by atoms with Gasteiger partial charge in [0.05, 0.1) is 18.6 Å². The smallest absolute Gasteiger partial charge is 0.348 e. The molecule has 0 aliphatic heterocycles. The van der Waals surface area contributed by atoms with Gasteiger partial charge in [-0.05, 0) is 26.0 Å². The molecule has 4 nitrogen and oxygen atoms in total. The number of rotatable bonds is 4. The monoisotopic (exact) mass is 284 g/mol. The number of hydrogen-bond donors (Lipinski definition) is 1. The van der Waals surface area contributed by atoms with Gasteiger partial charge in [0.25, 0.3) is 0 Å². The van der Waals surface area contributed by atoms with E-state index in [2.05, 4.69) is 15.0 Å². The standard InChI is InChI=1S/C13H15F3N4/c1-9(2)20(7-10-6-17-8-18-10)12-5-3-4-11(19-12)13(14,15)16/h3-6,8-9H,7H2,1-2H3,(H,17,18). The number of imidazole rings is 1. The van der Waals surface area contributed by atoms with Gasteiger partial charge >= 0.3 is 6.18 Å². The number of halogens is 3. The summed E-state index contributed by atoms with van der Waals surface area (Å²) in [4.78, 5) is 12.3. The molecule has 2 heterocycles. The normalized spacial score (nSPS) is 11.9. The van der Waals surface area contributed by atoms with Crippen LogP contribution in [0.1, 0.15) is 25.2 Å². The van der Waals surface area contributed by atoms with Crippen molar-refractivity contribution in [1.29, 1.82) is 0 Å². The first kappa shape index (κ1) is 14.4. The van der Waals surface area contributed by atoms with Gasteiger partial charge in [-0.3, -0.25) is 0 Å². The molecule has 0 saturated carbocycles. The highest BCUT2D eigenvalue weighted by Gasteiger charge is 2.33. The average molecular weight is 284 g/mol. The number of alkyl halides is 3. The van der Waals surface area contributed by atoms with Crippen LogP contribution in [0.4, 0.5) is 19.0 Å². The number of pyridine rings is 1. The maximum absolute atomic E-state index is 12.7. The molecule has 0 fully saturated rings. The van der Waals surface area contributed by atoms with Crippen molar-refractivity contribution in [3.05, 3.63) is 42.1 Å². The first-order valence-electron chi connectivity index (χ1n) is 6.16. The van der Waals surface area contributed by atoms with Crippen LogP contribution < -0.4 is 4.90 Å². The molecule has 0 aromatic carbocycles. The fraction of sp³-hybridized carbons (Fsp3) is 0.385. The van der Waals surface area contributed by atoms with Gasteiger partial charge in [-0.1, -0.05) is 6.07 Å². The molecule has 0 amide bonds. The van der Waals surface area contributed by atoms with Gasteiger partial charge in [0.2, 0.25) is 0 Å². The molecule has 0 radical (unpaired) electrons. The minimum atomic E-state index is -4.44. The largest absolute Gasteiger partial charge is 0.433 e. The Balaban J connectivity index is 2.30. The van der Waals surface area contributed by atoms with Crippen LogP contribution in [0.3, 0.4) is 0 Å². The zero-order valence-electron chi connectivity index (χ0n) is 11.1. The SMILES string of the molecule is CC(C)N(Cc1cnc[nH]1)c1cccc(C(F)(F)F)n1. The summed E-state index contributed by atoms with van der Waals surface area (Å²) >= 11 is 0. The Morgan fingerprint density at radius 2 is 2.05 bits per heavy atom. The molecular weight excluding hydrogens is 269 g/mol. The molecule has 2 aromatic rings. The molecule has 1 N–H and O–H groups in total. The Bertz CT molecular complexity index is 549. The lowest BCUT2D eigenvalue weighted by atomic mass is 10.2. The first-order valence-corrected chi connectivity index (χ1v) is 6.16. The van der Waals surface area contributed by atoms with E-state index < -0.39 is 11.9 Å². The molecule has 108 valence electrons. The summed E-state index contributed by atoms with van der Waals surface area (Å²) in [6.07, 6.45) is -1.26. The summed E-state index contributed by atoms with van der Waals surface area (Å²) in [5.41, 5.74) is -0.0665. The maximum atomic E-state index is 12.7. The van der Waals surface area contributed by atoms with Crippen molar-refractivity contribution in [2.75, 3.05) is 4.90 Å². The van der Waals surface area contributed by atoms with Crippen molar-refractivity contribution in [1.82, 2.24) is 15.0 Å². The van der Waals surface area contributed by atoms with Gasteiger partial charge in [0.15, 0.2) is 0 Å². The maximum Gasteiger partial charge on any atom is 0.433 e. The molecule has 0 aliphatic rings. The second-order valence-corrected chi connectivity index (χ2v) is 4.68. The summed E-state index contributed by atoms with van der Waals surface area (Å²) in [7, 11) is 0. The molecule has 0 spiro atoms. The number of nitrogens with one attached hydrogen (secondary N) is 1. The lowest BCUT2D eigenvalue weighted by molar-refractivity contribution is -0.141. The van der Waals surface area contributed by atoms with Gasteiger partial charge in [-0.2, -0.15) is 13.2 Å². The van der Waals surface area contributed by atoms with Crippen LogP contribution in [-0.4, -0.2) is 21.0 Å². The molecular formula is C13H15F3N4. The van der Waals surface area contributed by atoms with Crippen LogP contribution in [0.15, 0.2) is 30.7 Å². The van der Waals surface area contributed by atoms with Crippen LogP contribution >= 0.6 is 0 Å². The summed E-state index contributed by atoms with van der Waals surface area (Å²) < 4.78 is 38.1. The van der Waals surface area contributed by atoms with Crippen LogP contribution in [0, 0.1) is 0 Å². The van der Waals surface area contributed by atoms with Gasteiger partial charge in [0.1, 0.15) is 11.5 Å².